The Labute approximate surface area is 273 Å². The van der Waals surface area contributed by atoms with Crippen LogP contribution in [0.15, 0.2) is 84.9 Å². The number of methoxy groups -OCH3 is 4. The Hall–Kier alpha value is -5.71. The van der Waals surface area contributed by atoms with E-state index in [1.54, 1.807) is 43.5 Å². The predicted octanol–water partition coefficient (Wildman–Crippen LogP) is 5.33. The smallest absolute Gasteiger partial charge is 0.326 e. The molecule has 0 bridgehead atoms. The average molecular weight is 643 g/mol. The maximum atomic E-state index is 13.9. The fraction of sp³-hybridized carbons (Fsp3) is 0.250. The molecule has 2 amide bonds. The second kappa shape index (κ2) is 16.0. The lowest BCUT2D eigenvalue weighted by Crippen LogP contribution is -2.45. The van der Waals surface area contributed by atoms with Crippen LogP contribution in [0, 0.1) is 0 Å². The molecule has 0 saturated heterocycles. The van der Waals surface area contributed by atoms with Crippen LogP contribution in [0.25, 0.3) is 11.1 Å². The van der Waals surface area contributed by atoms with Crippen LogP contribution in [-0.2, 0) is 22.7 Å². The van der Waals surface area contributed by atoms with Gasteiger partial charge in [-0.05, 0) is 77.2 Å². The van der Waals surface area contributed by atoms with E-state index in [1.807, 2.05) is 48.5 Å². The molecule has 0 aliphatic heterocycles. The van der Waals surface area contributed by atoms with Crippen LogP contribution in [0.4, 0.5) is 0 Å². The summed E-state index contributed by atoms with van der Waals surface area (Å²) in [6.45, 7) is 0.265. The summed E-state index contributed by atoms with van der Waals surface area (Å²) in [5.74, 6) is 0.0301. The first kappa shape index (κ1) is 34.2. The van der Waals surface area contributed by atoms with Gasteiger partial charge in [0.15, 0.2) is 11.5 Å². The molecule has 1 atom stereocenters. The summed E-state index contributed by atoms with van der Waals surface area (Å²) in [6, 6.07) is 24.0. The second-order valence-electron chi connectivity index (χ2n) is 10.6. The molecule has 3 N–H and O–H groups in total. The number of carboxylic acids is 1. The van der Waals surface area contributed by atoms with Gasteiger partial charge in [0.2, 0.25) is 11.7 Å². The van der Waals surface area contributed by atoms with Gasteiger partial charge in [-0.2, -0.15) is 0 Å². The number of hydrogen-bond acceptors (Lipinski definition) is 8. The number of carboxylic acid groups (broad SMARTS) is 1. The zero-order valence-electron chi connectivity index (χ0n) is 26.7. The van der Waals surface area contributed by atoms with Crippen LogP contribution >= 0.6 is 0 Å². The van der Waals surface area contributed by atoms with Crippen molar-refractivity contribution in [1.82, 2.24) is 4.90 Å². The molecule has 4 aromatic rings. The van der Waals surface area contributed by atoms with E-state index in [2.05, 4.69) is 0 Å². The third-order valence-electron chi connectivity index (χ3n) is 7.52. The largest absolute Gasteiger partial charge is 0.497 e. The van der Waals surface area contributed by atoms with Crippen LogP contribution in [0.1, 0.15) is 34.3 Å². The molecule has 0 unspecified atom stereocenters. The summed E-state index contributed by atoms with van der Waals surface area (Å²) in [6.07, 6.45) is -0.376. The lowest BCUT2D eigenvalue weighted by Gasteiger charge is -2.29. The number of benzene rings is 4. The van der Waals surface area contributed by atoms with Crippen molar-refractivity contribution in [1.29, 1.82) is 0 Å². The first-order valence-electron chi connectivity index (χ1n) is 14.7. The van der Waals surface area contributed by atoms with Crippen molar-refractivity contribution in [3.63, 3.8) is 0 Å². The lowest BCUT2D eigenvalue weighted by molar-refractivity contribution is -0.143. The number of nitrogens with zero attached hydrogens (tertiary/aromatic N) is 1. The Bertz CT molecular complexity index is 1660. The molecule has 0 aliphatic rings. The highest BCUT2D eigenvalue weighted by Gasteiger charge is 2.31. The number of hydrogen-bond donors (Lipinski definition) is 2. The molecular formula is C36H38N2O9. The van der Waals surface area contributed by atoms with Gasteiger partial charge in [0, 0.05) is 18.5 Å². The Morgan fingerprint density at radius 2 is 1.36 bits per heavy atom. The standard InChI is InChI=1S/C36H38N2O9/c1-43-29-7-5-6-23(18-29)22-47-28-14-12-26(13-15-28)25-8-10-27(11-9-25)35(40)38(30(36(41)42)16-17-33(37)39)21-24-19-31(44-2)34(46-4)32(20-24)45-3/h5-15,18-20,30H,16-17,21-22H2,1-4H3,(H2,37,39)(H,41,42)/t30-/m0/s1. The van der Waals surface area contributed by atoms with Gasteiger partial charge in [-0.15, -0.1) is 0 Å². The molecule has 4 aromatic carbocycles. The van der Waals surface area contributed by atoms with Gasteiger partial charge in [0.1, 0.15) is 24.1 Å². The van der Waals surface area contributed by atoms with E-state index in [4.69, 9.17) is 29.4 Å². The molecule has 4 rings (SSSR count). The van der Waals surface area contributed by atoms with Crippen molar-refractivity contribution in [3.8, 4) is 39.9 Å². The van der Waals surface area contributed by atoms with Crippen molar-refractivity contribution in [2.75, 3.05) is 28.4 Å². The molecule has 0 saturated carbocycles. The topological polar surface area (TPSA) is 147 Å². The van der Waals surface area contributed by atoms with Crippen LogP contribution in [-0.4, -0.2) is 62.3 Å². The van der Waals surface area contributed by atoms with Gasteiger partial charge < -0.3 is 39.4 Å². The number of carbonyl (C=O) groups is 3. The monoisotopic (exact) mass is 642 g/mol. The summed E-state index contributed by atoms with van der Waals surface area (Å²) >= 11 is 0. The highest BCUT2D eigenvalue weighted by molar-refractivity contribution is 5.97. The Balaban J connectivity index is 1.56. The zero-order valence-corrected chi connectivity index (χ0v) is 26.7. The highest BCUT2D eigenvalue weighted by atomic mass is 16.5. The van der Waals surface area contributed by atoms with Crippen molar-refractivity contribution in [2.24, 2.45) is 5.73 Å². The number of aliphatic carboxylic acids is 1. The van der Waals surface area contributed by atoms with Gasteiger partial charge in [-0.3, -0.25) is 9.59 Å². The van der Waals surface area contributed by atoms with E-state index in [-0.39, 0.29) is 24.9 Å². The number of primary amides is 1. The molecule has 0 aliphatic carbocycles. The van der Waals surface area contributed by atoms with Gasteiger partial charge in [0.05, 0.1) is 28.4 Å². The maximum absolute atomic E-state index is 13.9. The summed E-state index contributed by atoms with van der Waals surface area (Å²) in [4.78, 5) is 39.1. The van der Waals surface area contributed by atoms with Crippen LogP contribution < -0.4 is 29.4 Å². The molecule has 0 radical (unpaired) electrons. The van der Waals surface area contributed by atoms with E-state index >= 15 is 0 Å². The van der Waals surface area contributed by atoms with E-state index < -0.39 is 23.8 Å². The average Bonchev–Trinajstić information content (AvgIpc) is 3.09. The normalized spacial score (nSPS) is 11.2. The number of nitrogens with two attached hydrogens (primary N) is 1. The molecule has 11 heteroatoms. The Morgan fingerprint density at radius 1 is 0.745 bits per heavy atom. The summed E-state index contributed by atoms with van der Waals surface area (Å²) in [5, 5.41) is 10.1. The minimum absolute atomic E-state index is 0.121. The fourth-order valence-electron chi connectivity index (χ4n) is 5.08. The molecule has 47 heavy (non-hydrogen) atoms. The van der Waals surface area contributed by atoms with Crippen molar-refractivity contribution in [3.05, 3.63) is 102 Å². The Kier molecular flexibility index (Phi) is 11.7. The van der Waals surface area contributed by atoms with E-state index in [0.717, 1.165) is 22.4 Å². The molecule has 11 nitrogen and oxygen atoms in total. The first-order valence-corrected chi connectivity index (χ1v) is 14.7. The summed E-state index contributed by atoms with van der Waals surface area (Å²) in [7, 11) is 6.01. The summed E-state index contributed by atoms with van der Waals surface area (Å²) in [5.41, 5.74) is 8.86. The molecular weight excluding hydrogens is 604 g/mol. The SMILES string of the molecule is COc1cccc(COc2ccc(-c3ccc(C(=O)N(Cc4cc(OC)c(OC)c(OC)c4)[C@@H](CCC(N)=O)C(=O)O)cc3)cc2)c1. The van der Waals surface area contributed by atoms with Crippen LogP contribution in [0.2, 0.25) is 0 Å². The van der Waals surface area contributed by atoms with Crippen molar-refractivity contribution < 1.29 is 43.2 Å². The van der Waals surface area contributed by atoms with Gasteiger partial charge in [-0.1, -0.05) is 36.4 Å². The zero-order chi connectivity index (χ0) is 33.9. The van der Waals surface area contributed by atoms with Gasteiger partial charge in [-0.25, -0.2) is 4.79 Å². The van der Waals surface area contributed by atoms with E-state index in [0.29, 0.717) is 35.2 Å². The fourth-order valence-corrected chi connectivity index (χ4v) is 5.08. The predicted molar refractivity (Wildman–Crippen MR) is 175 cm³/mol. The van der Waals surface area contributed by atoms with Gasteiger partial charge in [0.25, 0.3) is 5.91 Å². The van der Waals surface area contributed by atoms with E-state index in [9.17, 15) is 19.5 Å². The second-order valence-corrected chi connectivity index (χ2v) is 10.6. The van der Waals surface area contributed by atoms with Crippen LogP contribution in [0.3, 0.4) is 0 Å². The third kappa shape index (κ3) is 8.72. The number of carbonyl (C=O) groups excluding carboxylic acids is 2. The number of rotatable bonds is 16. The quantitative estimate of drug-likeness (QED) is 0.166. The number of amides is 2. The van der Waals surface area contributed by atoms with Crippen LogP contribution in [0.5, 0.6) is 28.7 Å². The van der Waals surface area contributed by atoms with E-state index in [1.165, 1.54) is 26.2 Å². The Morgan fingerprint density at radius 3 is 1.89 bits per heavy atom. The van der Waals surface area contributed by atoms with Crippen molar-refractivity contribution in [2.45, 2.75) is 32.0 Å². The lowest BCUT2D eigenvalue weighted by atomic mass is 10.0. The molecule has 0 heterocycles. The van der Waals surface area contributed by atoms with Gasteiger partial charge >= 0.3 is 5.97 Å². The minimum Gasteiger partial charge on any atom is -0.497 e. The molecule has 246 valence electrons. The molecule has 0 aromatic heterocycles. The highest BCUT2D eigenvalue weighted by Crippen LogP contribution is 2.39. The maximum Gasteiger partial charge on any atom is 0.326 e. The minimum atomic E-state index is -1.33. The number of ether oxygens (including phenoxy) is 5. The molecule has 0 spiro atoms. The van der Waals surface area contributed by atoms with Crippen molar-refractivity contribution >= 4 is 17.8 Å². The first-order chi connectivity index (χ1) is 22.7. The third-order valence-corrected chi connectivity index (χ3v) is 7.52. The molecule has 0 fully saturated rings. The summed E-state index contributed by atoms with van der Waals surface area (Å²) < 4.78 is 27.5.